The number of halogens is 3. The van der Waals surface area contributed by atoms with Gasteiger partial charge in [-0.25, -0.2) is 0 Å². The number of allylic oxidation sites excluding steroid dienone is 1. The van der Waals surface area contributed by atoms with Crippen LogP contribution in [0, 0.1) is 0 Å². The SMILES string of the molecule is C=CCn1c(COc2ccc(Cl)cc2Cl)nnc1SCC(=O)NCc1ccc(Cl)cc1. The van der Waals surface area contributed by atoms with E-state index in [2.05, 4.69) is 22.1 Å². The third-order valence-electron chi connectivity index (χ3n) is 4.09. The number of nitrogens with one attached hydrogen (secondary N) is 1. The second-order valence-electron chi connectivity index (χ2n) is 6.35. The standard InChI is InChI=1S/C21H19Cl3N4O2S/c1-2-9-28-19(12-30-18-8-7-16(23)10-17(18)24)26-27-21(28)31-13-20(29)25-11-14-3-5-15(22)6-4-14/h2-8,10H,1,9,11-13H2,(H,25,29). The number of carbonyl (C=O) groups excluding carboxylic acids is 1. The van der Waals surface area contributed by atoms with Gasteiger partial charge < -0.3 is 10.1 Å². The fourth-order valence-electron chi connectivity index (χ4n) is 2.56. The summed E-state index contributed by atoms with van der Waals surface area (Å²) in [4.78, 5) is 12.2. The van der Waals surface area contributed by atoms with Gasteiger partial charge in [0.05, 0.1) is 10.8 Å². The minimum absolute atomic E-state index is 0.112. The number of hydrogen-bond acceptors (Lipinski definition) is 5. The largest absolute Gasteiger partial charge is 0.484 e. The lowest BCUT2D eigenvalue weighted by Gasteiger charge is -2.10. The van der Waals surface area contributed by atoms with E-state index in [9.17, 15) is 4.79 Å². The van der Waals surface area contributed by atoms with Crippen molar-refractivity contribution in [2.24, 2.45) is 0 Å². The zero-order valence-corrected chi connectivity index (χ0v) is 19.4. The number of benzene rings is 2. The molecule has 0 aliphatic carbocycles. The molecule has 0 spiro atoms. The van der Waals surface area contributed by atoms with Gasteiger partial charge >= 0.3 is 0 Å². The van der Waals surface area contributed by atoms with Crippen molar-refractivity contribution in [1.29, 1.82) is 0 Å². The van der Waals surface area contributed by atoms with E-state index in [1.807, 2.05) is 16.7 Å². The maximum Gasteiger partial charge on any atom is 0.230 e. The van der Waals surface area contributed by atoms with Crippen LogP contribution in [0.5, 0.6) is 5.75 Å². The maximum atomic E-state index is 12.2. The number of carbonyl (C=O) groups is 1. The normalized spacial score (nSPS) is 10.7. The van der Waals surface area contributed by atoms with Gasteiger partial charge in [0.2, 0.25) is 5.91 Å². The highest BCUT2D eigenvalue weighted by atomic mass is 35.5. The van der Waals surface area contributed by atoms with Gasteiger partial charge in [-0.05, 0) is 35.9 Å². The second kappa shape index (κ2) is 11.4. The number of ether oxygens (including phenoxy) is 1. The summed E-state index contributed by atoms with van der Waals surface area (Å²) in [6.07, 6.45) is 1.73. The van der Waals surface area contributed by atoms with Crippen molar-refractivity contribution in [3.63, 3.8) is 0 Å². The summed E-state index contributed by atoms with van der Waals surface area (Å²) >= 11 is 19.2. The van der Waals surface area contributed by atoms with E-state index in [-0.39, 0.29) is 18.3 Å². The molecule has 162 valence electrons. The first-order chi connectivity index (χ1) is 15.0. The van der Waals surface area contributed by atoms with E-state index in [1.54, 1.807) is 36.4 Å². The van der Waals surface area contributed by atoms with Gasteiger partial charge in [0.25, 0.3) is 0 Å². The van der Waals surface area contributed by atoms with Crippen LogP contribution < -0.4 is 10.1 Å². The Morgan fingerprint density at radius 2 is 1.87 bits per heavy atom. The Morgan fingerprint density at radius 1 is 1.13 bits per heavy atom. The molecule has 0 aliphatic heterocycles. The van der Waals surface area contributed by atoms with E-state index in [0.29, 0.717) is 44.9 Å². The van der Waals surface area contributed by atoms with Crippen LogP contribution in [0.15, 0.2) is 60.3 Å². The molecule has 0 atom stereocenters. The molecule has 0 unspecified atom stereocenters. The summed E-state index contributed by atoms with van der Waals surface area (Å²) in [5, 5.41) is 13.4. The van der Waals surface area contributed by atoms with Gasteiger partial charge in [-0.1, -0.05) is 64.8 Å². The van der Waals surface area contributed by atoms with Crippen molar-refractivity contribution in [2.75, 3.05) is 5.75 Å². The van der Waals surface area contributed by atoms with E-state index >= 15 is 0 Å². The lowest BCUT2D eigenvalue weighted by molar-refractivity contribution is -0.118. The molecule has 2 aromatic carbocycles. The van der Waals surface area contributed by atoms with Crippen LogP contribution >= 0.6 is 46.6 Å². The van der Waals surface area contributed by atoms with Gasteiger partial charge in [-0.2, -0.15) is 0 Å². The summed E-state index contributed by atoms with van der Waals surface area (Å²) in [6, 6.07) is 12.3. The zero-order chi connectivity index (χ0) is 22.2. The van der Waals surface area contributed by atoms with E-state index in [0.717, 1.165) is 5.56 Å². The van der Waals surface area contributed by atoms with Crippen LogP contribution in [0.3, 0.4) is 0 Å². The molecular formula is C21H19Cl3N4O2S. The average Bonchev–Trinajstić information content (AvgIpc) is 3.13. The van der Waals surface area contributed by atoms with Crippen LogP contribution in [0.2, 0.25) is 15.1 Å². The molecule has 3 aromatic rings. The number of hydrogen-bond donors (Lipinski definition) is 1. The molecule has 1 heterocycles. The summed E-state index contributed by atoms with van der Waals surface area (Å²) in [7, 11) is 0. The highest BCUT2D eigenvalue weighted by Crippen LogP contribution is 2.28. The van der Waals surface area contributed by atoms with Crippen molar-refractivity contribution >= 4 is 52.5 Å². The topological polar surface area (TPSA) is 69.0 Å². The molecule has 0 fully saturated rings. The maximum absolute atomic E-state index is 12.2. The molecule has 10 heteroatoms. The molecule has 3 rings (SSSR count). The minimum atomic E-state index is -0.112. The molecule has 6 nitrogen and oxygen atoms in total. The van der Waals surface area contributed by atoms with Gasteiger partial charge in [-0.15, -0.1) is 16.8 Å². The van der Waals surface area contributed by atoms with E-state index < -0.39 is 0 Å². The molecule has 0 saturated heterocycles. The summed E-state index contributed by atoms with van der Waals surface area (Å²) < 4.78 is 7.59. The Balaban J connectivity index is 1.57. The predicted molar refractivity (Wildman–Crippen MR) is 125 cm³/mol. The molecule has 0 bridgehead atoms. The third kappa shape index (κ3) is 6.90. The fraction of sp³-hybridized carbons (Fsp3) is 0.190. The first kappa shape index (κ1) is 23.5. The van der Waals surface area contributed by atoms with Crippen LogP contribution in [-0.2, 0) is 24.5 Å². The molecule has 0 saturated carbocycles. The first-order valence-electron chi connectivity index (χ1n) is 9.21. The van der Waals surface area contributed by atoms with Crippen LogP contribution in [-0.4, -0.2) is 26.4 Å². The number of aromatic nitrogens is 3. The van der Waals surface area contributed by atoms with Crippen molar-refractivity contribution in [3.05, 3.63) is 81.6 Å². The highest BCUT2D eigenvalue weighted by molar-refractivity contribution is 7.99. The Morgan fingerprint density at radius 3 is 2.58 bits per heavy atom. The smallest absolute Gasteiger partial charge is 0.230 e. The van der Waals surface area contributed by atoms with Crippen molar-refractivity contribution in [1.82, 2.24) is 20.1 Å². The Labute approximate surface area is 199 Å². The molecule has 0 aliphatic rings. The molecule has 31 heavy (non-hydrogen) atoms. The summed E-state index contributed by atoms with van der Waals surface area (Å²) in [6.45, 7) is 4.84. The lowest BCUT2D eigenvalue weighted by Crippen LogP contribution is -2.24. The quantitative estimate of drug-likeness (QED) is 0.299. The van der Waals surface area contributed by atoms with Crippen LogP contribution in [0.4, 0.5) is 0 Å². The monoisotopic (exact) mass is 496 g/mol. The zero-order valence-electron chi connectivity index (χ0n) is 16.4. The Hall–Kier alpha value is -2.19. The Bertz CT molecular complexity index is 1060. The molecular weight excluding hydrogens is 479 g/mol. The van der Waals surface area contributed by atoms with Gasteiger partial charge in [-0.3, -0.25) is 9.36 Å². The molecule has 0 radical (unpaired) electrons. The first-order valence-corrected chi connectivity index (χ1v) is 11.3. The van der Waals surface area contributed by atoms with E-state index in [1.165, 1.54) is 11.8 Å². The Kier molecular flexibility index (Phi) is 8.66. The average molecular weight is 498 g/mol. The lowest BCUT2D eigenvalue weighted by atomic mass is 10.2. The predicted octanol–water partition coefficient (Wildman–Crippen LogP) is 5.41. The van der Waals surface area contributed by atoms with Crippen LogP contribution in [0.25, 0.3) is 0 Å². The molecule has 1 N–H and O–H groups in total. The third-order valence-corrected chi connectivity index (χ3v) is 5.84. The van der Waals surface area contributed by atoms with Crippen molar-refractivity contribution < 1.29 is 9.53 Å². The van der Waals surface area contributed by atoms with Crippen LogP contribution in [0.1, 0.15) is 11.4 Å². The number of amides is 1. The summed E-state index contributed by atoms with van der Waals surface area (Å²) in [5.41, 5.74) is 0.970. The number of thioether (sulfide) groups is 1. The van der Waals surface area contributed by atoms with E-state index in [4.69, 9.17) is 39.5 Å². The number of nitrogens with zero attached hydrogens (tertiary/aromatic N) is 3. The van der Waals surface area contributed by atoms with Crippen molar-refractivity contribution in [3.8, 4) is 5.75 Å². The molecule has 1 amide bonds. The van der Waals surface area contributed by atoms with Gasteiger partial charge in [0.1, 0.15) is 12.4 Å². The fourth-order valence-corrected chi connectivity index (χ4v) is 3.95. The second-order valence-corrected chi connectivity index (χ2v) is 8.58. The highest BCUT2D eigenvalue weighted by Gasteiger charge is 2.15. The molecule has 1 aromatic heterocycles. The van der Waals surface area contributed by atoms with Gasteiger partial charge in [0.15, 0.2) is 11.0 Å². The minimum Gasteiger partial charge on any atom is -0.484 e. The number of rotatable bonds is 10. The van der Waals surface area contributed by atoms with Crippen molar-refractivity contribution in [2.45, 2.75) is 24.9 Å². The summed E-state index contributed by atoms with van der Waals surface area (Å²) in [5.74, 6) is 1.18. The van der Waals surface area contributed by atoms with Gasteiger partial charge in [0, 0.05) is 23.1 Å².